The minimum Gasteiger partial charge on any atom is -0.497 e. The van der Waals surface area contributed by atoms with Gasteiger partial charge in [-0.15, -0.1) is 0 Å². The van der Waals surface area contributed by atoms with Crippen molar-refractivity contribution in [1.29, 1.82) is 0 Å². The quantitative estimate of drug-likeness (QED) is 0.893. The molecule has 0 aliphatic carbocycles. The van der Waals surface area contributed by atoms with Gasteiger partial charge in [0.2, 0.25) is 5.91 Å². The molecule has 0 spiro atoms. The van der Waals surface area contributed by atoms with E-state index in [2.05, 4.69) is 5.32 Å². The average Bonchev–Trinajstić information content (AvgIpc) is 3.07. The molecule has 7 heteroatoms. The van der Waals surface area contributed by atoms with Crippen molar-refractivity contribution < 1.29 is 23.8 Å². The molecule has 1 atom stereocenters. The Kier molecular flexibility index (Phi) is 4.58. The maximum absolute atomic E-state index is 12.4. The predicted molar refractivity (Wildman–Crippen MR) is 98.7 cm³/mol. The number of anilines is 1. The summed E-state index contributed by atoms with van der Waals surface area (Å²) in [7, 11) is 1.58. The van der Waals surface area contributed by atoms with E-state index in [1.807, 2.05) is 6.07 Å². The van der Waals surface area contributed by atoms with E-state index >= 15 is 0 Å². The van der Waals surface area contributed by atoms with Gasteiger partial charge in [0.05, 0.1) is 13.2 Å². The lowest BCUT2D eigenvalue weighted by Gasteiger charge is -2.22. The highest BCUT2D eigenvalue weighted by atomic mass is 16.6. The summed E-state index contributed by atoms with van der Waals surface area (Å²) in [6, 6.07) is 12.1. The summed E-state index contributed by atoms with van der Waals surface area (Å²) in [6.07, 6.45) is 0.260. The van der Waals surface area contributed by atoms with Gasteiger partial charge in [-0.3, -0.25) is 9.59 Å². The van der Waals surface area contributed by atoms with E-state index in [1.54, 1.807) is 48.4 Å². The molecule has 0 saturated carbocycles. The van der Waals surface area contributed by atoms with Gasteiger partial charge in [0.1, 0.15) is 19.0 Å². The molecule has 2 aromatic carbocycles. The highest BCUT2D eigenvalue weighted by Crippen LogP contribution is 2.35. The first kappa shape index (κ1) is 17.2. The van der Waals surface area contributed by atoms with Gasteiger partial charge < -0.3 is 24.4 Å². The number of ether oxygens (including phenoxy) is 3. The average molecular weight is 368 g/mol. The van der Waals surface area contributed by atoms with Crippen LogP contribution in [-0.2, 0) is 4.79 Å². The van der Waals surface area contributed by atoms with Crippen LogP contribution in [0.2, 0.25) is 0 Å². The Labute approximate surface area is 156 Å². The highest BCUT2D eigenvalue weighted by molar-refractivity contribution is 5.99. The topological polar surface area (TPSA) is 77.1 Å². The Morgan fingerprint density at radius 2 is 1.85 bits per heavy atom. The molecule has 0 aromatic heterocycles. The number of nitrogens with one attached hydrogen (secondary N) is 1. The van der Waals surface area contributed by atoms with Crippen LogP contribution in [-0.4, -0.2) is 44.7 Å². The van der Waals surface area contributed by atoms with Crippen molar-refractivity contribution in [1.82, 2.24) is 5.32 Å². The number of carbonyl (C=O) groups is 2. The third kappa shape index (κ3) is 3.53. The fourth-order valence-corrected chi connectivity index (χ4v) is 3.26. The molecular formula is C20H20N2O5. The second kappa shape index (κ2) is 7.19. The Balaban J connectivity index is 1.43. The maximum atomic E-state index is 12.4. The lowest BCUT2D eigenvalue weighted by molar-refractivity contribution is -0.117. The fraction of sp³-hybridized carbons (Fsp3) is 0.300. The molecule has 1 N–H and O–H groups in total. The molecule has 4 rings (SSSR count). The fourth-order valence-electron chi connectivity index (χ4n) is 3.26. The smallest absolute Gasteiger partial charge is 0.251 e. The number of fused-ring (bicyclic) bond motifs is 1. The lowest BCUT2D eigenvalue weighted by atomic mass is 10.2. The summed E-state index contributed by atoms with van der Waals surface area (Å²) in [6.45, 7) is 1.43. The molecule has 1 saturated heterocycles. The monoisotopic (exact) mass is 368 g/mol. The molecule has 0 radical (unpaired) electrons. The Bertz CT molecular complexity index is 865. The van der Waals surface area contributed by atoms with Gasteiger partial charge in [-0.2, -0.15) is 0 Å². The van der Waals surface area contributed by atoms with Crippen LogP contribution < -0.4 is 24.4 Å². The number of carbonyl (C=O) groups excluding carboxylic acids is 2. The normalized spacial score (nSPS) is 18.3. The second-order valence-corrected chi connectivity index (χ2v) is 6.44. The summed E-state index contributed by atoms with van der Waals surface area (Å²) in [5.41, 5.74) is 1.27. The highest BCUT2D eigenvalue weighted by Gasteiger charge is 2.32. The Morgan fingerprint density at radius 3 is 2.59 bits per heavy atom. The third-order valence-corrected chi connectivity index (χ3v) is 4.65. The molecule has 2 aliphatic heterocycles. The van der Waals surface area contributed by atoms with Crippen LogP contribution in [0.1, 0.15) is 16.8 Å². The number of rotatable bonds is 4. The van der Waals surface area contributed by atoms with E-state index in [0.717, 1.165) is 5.69 Å². The SMILES string of the molecule is COc1ccc(C(=O)NC2CC(=O)N(c3ccc4c(c3)OCCO4)C2)cc1. The second-order valence-electron chi connectivity index (χ2n) is 6.44. The summed E-state index contributed by atoms with van der Waals surface area (Å²) < 4.78 is 16.2. The largest absolute Gasteiger partial charge is 0.497 e. The van der Waals surface area contributed by atoms with Crippen LogP contribution in [0.15, 0.2) is 42.5 Å². The lowest BCUT2D eigenvalue weighted by Crippen LogP contribution is -2.37. The van der Waals surface area contributed by atoms with Gasteiger partial charge in [0.15, 0.2) is 11.5 Å². The van der Waals surface area contributed by atoms with E-state index in [-0.39, 0.29) is 24.3 Å². The number of benzene rings is 2. The van der Waals surface area contributed by atoms with E-state index < -0.39 is 0 Å². The summed E-state index contributed by atoms with van der Waals surface area (Å²) >= 11 is 0. The first-order chi connectivity index (χ1) is 13.1. The number of hydrogen-bond donors (Lipinski definition) is 1. The van der Waals surface area contributed by atoms with E-state index in [9.17, 15) is 9.59 Å². The molecule has 1 fully saturated rings. The minimum absolute atomic E-state index is 0.0355. The molecule has 2 heterocycles. The van der Waals surface area contributed by atoms with Crippen molar-refractivity contribution in [2.75, 3.05) is 31.8 Å². The van der Waals surface area contributed by atoms with Gasteiger partial charge in [0, 0.05) is 30.3 Å². The third-order valence-electron chi connectivity index (χ3n) is 4.65. The summed E-state index contributed by atoms with van der Waals surface area (Å²) in [4.78, 5) is 26.5. The molecule has 2 aliphatic rings. The predicted octanol–water partition coefficient (Wildman–Crippen LogP) is 2.00. The summed E-state index contributed by atoms with van der Waals surface area (Å²) in [5.74, 6) is 1.76. The van der Waals surface area contributed by atoms with Crippen molar-refractivity contribution in [2.24, 2.45) is 0 Å². The molecule has 2 amide bonds. The number of hydrogen-bond acceptors (Lipinski definition) is 5. The van der Waals surface area contributed by atoms with E-state index in [0.29, 0.717) is 42.6 Å². The molecule has 140 valence electrons. The Morgan fingerprint density at radius 1 is 1.11 bits per heavy atom. The van der Waals surface area contributed by atoms with Gasteiger partial charge >= 0.3 is 0 Å². The van der Waals surface area contributed by atoms with Crippen molar-refractivity contribution in [3.63, 3.8) is 0 Å². The molecule has 7 nitrogen and oxygen atoms in total. The van der Waals surface area contributed by atoms with Crippen LogP contribution in [0, 0.1) is 0 Å². The zero-order valence-electron chi connectivity index (χ0n) is 14.9. The van der Waals surface area contributed by atoms with Crippen molar-refractivity contribution in [3.8, 4) is 17.2 Å². The van der Waals surface area contributed by atoms with Crippen LogP contribution in [0.3, 0.4) is 0 Å². The summed E-state index contributed by atoms with van der Waals surface area (Å²) in [5, 5.41) is 2.93. The van der Waals surface area contributed by atoms with Crippen molar-refractivity contribution >= 4 is 17.5 Å². The number of nitrogens with zero attached hydrogens (tertiary/aromatic N) is 1. The zero-order valence-corrected chi connectivity index (χ0v) is 14.9. The molecule has 0 bridgehead atoms. The first-order valence-electron chi connectivity index (χ1n) is 8.79. The number of amides is 2. The van der Waals surface area contributed by atoms with Gasteiger partial charge in [-0.05, 0) is 36.4 Å². The maximum Gasteiger partial charge on any atom is 0.251 e. The van der Waals surface area contributed by atoms with E-state index in [1.165, 1.54) is 0 Å². The molecule has 2 aromatic rings. The minimum atomic E-state index is -0.250. The molecule has 1 unspecified atom stereocenters. The van der Waals surface area contributed by atoms with Crippen molar-refractivity contribution in [2.45, 2.75) is 12.5 Å². The van der Waals surface area contributed by atoms with Gasteiger partial charge in [-0.25, -0.2) is 0 Å². The standard InChI is InChI=1S/C20H20N2O5/c1-25-16-5-2-13(3-6-16)20(24)21-14-10-19(23)22(12-14)15-4-7-17-18(11-15)27-9-8-26-17/h2-7,11,14H,8-10,12H2,1H3,(H,21,24). The van der Waals surface area contributed by atoms with Gasteiger partial charge in [-0.1, -0.05) is 0 Å². The van der Waals surface area contributed by atoms with E-state index in [4.69, 9.17) is 14.2 Å². The Hall–Kier alpha value is -3.22. The van der Waals surface area contributed by atoms with Crippen LogP contribution >= 0.6 is 0 Å². The zero-order chi connectivity index (χ0) is 18.8. The van der Waals surface area contributed by atoms with Crippen LogP contribution in [0.4, 0.5) is 5.69 Å². The van der Waals surface area contributed by atoms with Crippen LogP contribution in [0.25, 0.3) is 0 Å². The first-order valence-corrected chi connectivity index (χ1v) is 8.79. The number of methoxy groups -OCH3 is 1. The molecule has 27 heavy (non-hydrogen) atoms. The molecular weight excluding hydrogens is 348 g/mol. The van der Waals surface area contributed by atoms with Crippen molar-refractivity contribution in [3.05, 3.63) is 48.0 Å². The van der Waals surface area contributed by atoms with Gasteiger partial charge in [0.25, 0.3) is 5.91 Å². The van der Waals surface area contributed by atoms with Crippen LogP contribution in [0.5, 0.6) is 17.2 Å².